The number of carbonyl (C=O) groups excluding carboxylic acids is 1. The average molecular weight is 444 g/mol. The van der Waals surface area contributed by atoms with Gasteiger partial charge in [-0.3, -0.25) is 10.1 Å². The number of nitrogens with one attached hydrogen (secondary N) is 2. The quantitative estimate of drug-likeness (QED) is 0.332. The van der Waals surface area contributed by atoms with Crippen LogP contribution in [-0.4, -0.2) is 23.1 Å². The van der Waals surface area contributed by atoms with E-state index in [0.717, 1.165) is 33.5 Å². The fraction of sp³-hybridized carbons (Fsp3) is 0.0800. The molecule has 0 unspecified atom stereocenters. The molecule has 0 radical (unpaired) electrons. The highest BCUT2D eigenvalue weighted by atomic mass is 32.1. The van der Waals surface area contributed by atoms with E-state index >= 15 is 0 Å². The van der Waals surface area contributed by atoms with E-state index in [-0.39, 0.29) is 11.0 Å². The van der Waals surface area contributed by atoms with Crippen molar-refractivity contribution in [3.05, 3.63) is 90.0 Å². The normalized spacial score (nSPS) is 10.9. The first-order valence-corrected chi connectivity index (χ1v) is 10.4. The summed E-state index contributed by atoms with van der Waals surface area (Å²) in [6.07, 6.45) is 3.15. The van der Waals surface area contributed by atoms with Gasteiger partial charge >= 0.3 is 0 Å². The number of methoxy groups -OCH3 is 1. The molecule has 2 N–H and O–H groups in total. The van der Waals surface area contributed by atoms with Gasteiger partial charge in [0.1, 0.15) is 11.3 Å². The summed E-state index contributed by atoms with van der Waals surface area (Å²) in [6, 6.07) is 22.9. The van der Waals surface area contributed by atoms with Crippen molar-refractivity contribution < 1.29 is 13.9 Å². The maximum absolute atomic E-state index is 12.1. The number of amides is 1. The molecule has 1 heterocycles. The van der Waals surface area contributed by atoms with Crippen molar-refractivity contribution in [3.8, 4) is 17.2 Å². The second-order valence-electron chi connectivity index (χ2n) is 6.96. The first-order valence-electron chi connectivity index (χ1n) is 9.96. The van der Waals surface area contributed by atoms with Crippen molar-refractivity contribution in [1.29, 1.82) is 0 Å². The molecular formula is C25H21N3O3S. The predicted molar refractivity (Wildman–Crippen MR) is 129 cm³/mol. The Bertz CT molecular complexity index is 1230. The molecule has 0 saturated carbocycles. The largest absolute Gasteiger partial charge is 0.497 e. The number of oxazole rings is 1. The lowest BCUT2D eigenvalue weighted by Gasteiger charge is -2.08. The average Bonchev–Trinajstić information content (AvgIpc) is 3.26. The lowest BCUT2D eigenvalue weighted by Crippen LogP contribution is -2.37. The molecule has 0 aliphatic rings. The minimum Gasteiger partial charge on any atom is -0.497 e. The third-order valence-corrected chi connectivity index (χ3v) is 4.97. The van der Waals surface area contributed by atoms with Gasteiger partial charge in [0, 0.05) is 18.2 Å². The van der Waals surface area contributed by atoms with E-state index in [1.807, 2.05) is 72.8 Å². The van der Waals surface area contributed by atoms with Crippen molar-refractivity contribution in [2.24, 2.45) is 0 Å². The number of ether oxygens (including phenoxy) is 1. The molecule has 0 bridgehead atoms. The zero-order valence-electron chi connectivity index (χ0n) is 17.4. The molecule has 0 spiro atoms. The standard InChI is InChI=1S/C25H21N3O3S/c1-30-20-13-8-17(9-14-20)10-15-23(29)28-25(32)26-16-18-6-11-19(12-7-18)24-27-21-4-2-3-5-22(21)31-24/h2-15H,16H2,1H3,(H2,26,28,29,32)/b15-10+. The van der Waals surface area contributed by atoms with Gasteiger partial charge in [0.25, 0.3) is 0 Å². The molecule has 7 heteroatoms. The van der Waals surface area contributed by atoms with E-state index in [0.29, 0.717) is 12.4 Å². The number of thiocarbonyl (C=S) groups is 1. The minimum atomic E-state index is -0.301. The van der Waals surface area contributed by atoms with E-state index in [1.165, 1.54) is 6.08 Å². The lowest BCUT2D eigenvalue weighted by atomic mass is 10.1. The zero-order valence-corrected chi connectivity index (χ0v) is 18.2. The molecule has 0 aliphatic heterocycles. The third-order valence-electron chi connectivity index (χ3n) is 4.73. The molecule has 160 valence electrons. The Labute approximate surface area is 190 Å². The fourth-order valence-corrected chi connectivity index (χ4v) is 3.20. The second-order valence-corrected chi connectivity index (χ2v) is 7.37. The van der Waals surface area contributed by atoms with Crippen molar-refractivity contribution in [2.75, 3.05) is 7.11 Å². The van der Waals surface area contributed by atoms with Crippen LogP contribution < -0.4 is 15.4 Å². The second kappa shape index (κ2) is 9.89. The zero-order chi connectivity index (χ0) is 22.3. The van der Waals surface area contributed by atoms with Gasteiger partial charge in [-0.25, -0.2) is 4.98 Å². The number of hydrogen-bond acceptors (Lipinski definition) is 5. The predicted octanol–water partition coefficient (Wildman–Crippen LogP) is 4.71. The number of benzene rings is 3. The number of para-hydroxylation sites is 2. The van der Waals surface area contributed by atoms with E-state index < -0.39 is 0 Å². The Balaban J connectivity index is 1.27. The van der Waals surface area contributed by atoms with E-state index in [4.69, 9.17) is 21.4 Å². The molecule has 1 aromatic heterocycles. The molecule has 6 nitrogen and oxygen atoms in total. The monoisotopic (exact) mass is 443 g/mol. The summed E-state index contributed by atoms with van der Waals surface area (Å²) in [5.41, 5.74) is 4.38. The molecule has 1 amide bonds. The van der Waals surface area contributed by atoms with Gasteiger partial charge in [-0.15, -0.1) is 0 Å². The summed E-state index contributed by atoms with van der Waals surface area (Å²) in [4.78, 5) is 16.6. The van der Waals surface area contributed by atoms with Gasteiger partial charge in [-0.1, -0.05) is 36.4 Å². The van der Waals surface area contributed by atoms with Crippen LogP contribution in [0.5, 0.6) is 5.75 Å². The van der Waals surface area contributed by atoms with Gasteiger partial charge < -0.3 is 14.5 Å². The smallest absolute Gasteiger partial charge is 0.250 e. The summed E-state index contributed by atoms with van der Waals surface area (Å²) in [5.74, 6) is 1.04. The molecule has 0 atom stereocenters. The maximum atomic E-state index is 12.1. The van der Waals surface area contributed by atoms with Crippen LogP contribution >= 0.6 is 12.2 Å². The van der Waals surface area contributed by atoms with Gasteiger partial charge in [0.15, 0.2) is 10.7 Å². The van der Waals surface area contributed by atoms with Gasteiger partial charge in [0.05, 0.1) is 7.11 Å². The van der Waals surface area contributed by atoms with E-state index in [2.05, 4.69) is 15.6 Å². The van der Waals surface area contributed by atoms with Crippen molar-refractivity contribution in [3.63, 3.8) is 0 Å². The summed E-state index contributed by atoms with van der Waals surface area (Å²) >= 11 is 5.21. The van der Waals surface area contributed by atoms with Crippen LogP contribution in [0.25, 0.3) is 28.6 Å². The van der Waals surface area contributed by atoms with Crippen LogP contribution in [0.4, 0.5) is 0 Å². The Morgan fingerprint density at radius 1 is 1.06 bits per heavy atom. The highest BCUT2D eigenvalue weighted by molar-refractivity contribution is 7.80. The minimum absolute atomic E-state index is 0.261. The first-order chi connectivity index (χ1) is 15.6. The van der Waals surface area contributed by atoms with E-state index in [1.54, 1.807) is 13.2 Å². The Morgan fingerprint density at radius 3 is 2.53 bits per heavy atom. The highest BCUT2D eigenvalue weighted by Gasteiger charge is 2.08. The van der Waals surface area contributed by atoms with Crippen LogP contribution in [0.3, 0.4) is 0 Å². The molecular weight excluding hydrogens is 422 g/mol. The summed E-state index contributed by atoms with van der Waals surface area (Å²) in [5, 5.41) is 5.94. The molecule has 0 aliphatic carbocycles. The van der Waals surface area contributed by atoms with Crippen LogP contribution in [0.1, 0.15) is 11.1 Å². The molecule has 0 fully saturated rings. The Kier molecular flexibility index (Phi) is 6.57. The van der Waals surface area contributed by atoms with Gasteiger partial charge in [-0.05, 0) is 65.8 Å². The number of carbonyl (C=O) groups is 1. The van der Waals surface area contributed by atoms with E-state index in [9.17, 15) is 4.79 Å². The SMILES string of the molecule is COc1ccc(/C=C/C(=O)NC(=S)NCc2ccc(-c3nc4ccccc4o3)cc2)cc1. The highest BCUT2D eigenvalue weighted by Crippen LogP contribution is 2.24. The molecule has 32 heavy (non-hydrogen) atoms. The molecule has 3 aromatic carbocycles. The van der Waals surface area contributed by atoms with Crippen LogP contribution in [0.2, 0.25) is 0 Å². The molecule has 4 rings (SSSR count). The summed E-state index contributed by atoms with van der Waals surface area (Å²) < 4.78 is 10.9. The summed E-state index contributed by atoms with van der Waals surface area (Å²) in [6.45, 7) is 0.481. The first kappa shape index (κ1) is 21.3. The van der Waals surface area contributed by atoms with Crippen LogP contribution in [0.15, 0.2) is 83.3 Å². The van der Waals surface area contributed by atoms with Crippen LogP contribution in [-0.2, 0) is 11.3 Å². The topological polar surface area (TPSA) is 76.4 Å². The number of rotatable bonds is 6. The van der Waals surface area contributed by atoms with Crippen LogP contribution in [0, 0.1) is 0 Å². The maximum Gasteiger partial charge on any atom is 0.250 e. The number of fused-ring (bicyclic) bond motifs is 1. The Hall–Kier alpha value is -3.97. The lowest BCUT2D eigenvalue weighted by molar-refractivity contribution is -0.115. The van der Waals surface area contributed by atoms with Crippen molar-refractivity contribution in [2.45, 2.75) is 6.54 Å². The molecule has 0 saturated heterocycles. The van der Waals surface area contributed by atoms with Crippen molar-refractivity contribution in [1.82, 2.24) is 15.6 Å². The van der Waals surface area contributed by atoms with Gasteiger partial charge in [-0.2, -0.15) is 0 Å². The summed E-state index contributed by atoms with van der Waals surface area (Å²) in [7, 11) is 1.61. The molecule has 4 aromatic rings. The van der Waals surface area contributed by atoms with Crippen molar-refractivity contribution >= 4 is 40.4 Å². The fourth-order valence-electron chi connectivity index (χ4n) is 3.03. The number of hydrogen-bond donors (Lipinski definition) is 2. The number of nitrogens with zero attached hydrogens (tertiary/aromatic N) is 1. The van der Waals surface area contributed by atoms with Gasteiger partial charge in [0.2, 0.25) is 11.8 Å². The third kappa shape index (κ3) is 5.39. The number of aromatic nitrogens is 1. The Morgan fingerprint density at radius 2 is 1.81 bits per heavy atom.